The van der Waals surface area contributed by atoms with Crippen LogP contribution < -0.4 is 4.74 Å². The van der Waals surface area contributed by atoms with E-state index in [-0.39, 0.29) is 27.6 Å². The third-order valence-corrected chi connectivity index (χ3v) is 8.28. The molecule has 15 nitrogen and oxygen atoms in total. The summed E-state index contributed by atoms with van der Waals surface area (Å²) >= 11 is 0. The maximum atomic E-state index is 13.7. The van der Waals surface area contributed by atoms with Gasteiger partial charge in [0.2, 0.25) is 34.8 Å². The topological polar surface area (TPSA) is 247 Å². The third-order valence-electron chi connectivity index (χ3n) is 8.28. The van der Waals surface area contributed by atoms with Gasteiger partial charge in [-0.2, -0.15) is 0 Å². The van der Waals surface area contributed by atoms with E-state index in [9.17, 15) is 54.9 Å². The standard InChI is InChI=1S/C28H28O15/c1-8-15-10(6-12(16(8)25(37)41-4)43-26-21(33)20(32)18(30)9(2)42-26)5-11-17(19(15)31)24(36)27(38)14(29)7-13(40-3)23(35)28(27,39)22(11)34/h5-7,9,18,20-21,23,26,30-33,35,38-39H,1-4H3/t9-,18-,20+,21+,23-,26-,27?,28?/m0/s1. The largest absolute Gasteiger partial charge is 0.507 e. The van der Waals surface area contributed by atoms with E-state index in [1.165, 1.54) is 13.8 Å². The molecule has 1 fully saturated rings. The highest BCUT2D eigenvalue weighted by atomic mass is 16.7. The molecule has 1 saturated heterocycles. The molecule has 3 aliphatic rings. The molecule has 0 saturated carbocycles. The predicted octanol–water partition coefficient (Wildman–Crippen LogP) is -1.84. The Kier molecular flexibility index (Phi) is 7.13. The van der Waals surface area contributed by atoms with Gasteiger partial charge in [0.1, 0.15) is 41.1 Å². The Labute approximate surface area is 242 Å². The minimum Gasteiger partial charge on any atom is -0.507 e. The zero-order valence-corrected chi connectivity index (χ0v) is 23.1. The molecule has 8 atom stereocenters. The minimum atomic E-state index is -3.54. The number of aliphatic hydroxyl groups is 6. The van der Waals surface area contributed by atoms with E-state index in [1.807, 2.05) is 0 Å². The Hall–Kier alpha value is -3.96. The molecule has 2 aliphatic carbocycles. The second-order valence-corrected chi connectivity index (χ2v) is 10.6. The number of fused-ring (bicyclic) bond motifs is 3. The third kappa shape index (κ3) is 3.87. The molecule has 0 spiro atoms. The molecule has 2 aromatic carbocycles. The summed E-state index contributed by atoms with van der Waals surface area (Å²) < 4.78 is 20.9. The number of phenolic OH excluding ortho intramolecular Hbond substituents is 1. The van der Waals surface area contributed by atoms with Crippen LogP contribution in [0.4, 0.5) is 0 Å². The Bertz CT molecular complexity index is 1630. The first kappa shape index (κ1) is 30.5. The molecule has 1 heterocycles. The average molecular weight is 605 g/mol. The number of hydrogen-bond acceptors (Lipinski definition) is 15. The van der Waals surface area contributed by atoms with Crippen molar-refractivity contribution in [1.82, 2.24) is 0 Å². The Balaban J connectivity index is 1.75. The fourth-order valence-electron chi connectivity index (χ4n) is 5.85. The quantitative estimate of drug-likeness (QED) is 0.150. The summed E-state index contributed by atoms with van der Waals surface area (Å²) in [6, 6.07) is 2.11. The van der Waals surface area contributed by atoms with Crippen molar-refractivity contribution < 1.29 is 73.9 Å². The molecule has 43 heavy (non-hydrogen) atoms. The highest BCUT2D eigenvalue weighted by molar-refractivity contribution is 6.35. The molecule has 5 rings (SSSR count). The lowest BCUT2D eigenvalue weighted by molar-refractivity contribution is -0.268. The van der Waals surface area contributed by atoms with E-state index in [0.717, 1.165) is 26.4 Å². The van der Waals surface area contributed by atoms with Gasteiger partial charge >= 0.3 is 5.97 Å². The van der Waals surface area contributed by atoms with Gasteiger partial charge in [0.25, 0.3) is 0 Å². The predicted molar refractivity (Wildman–Crippen MR) is 139 cm³/mol. The van der Waals surface area contributed by atoms with Gasteiger partial charge in [0, 0.05) is 17.0 Å². The first-order chi connectivity index (χ1) is 20.1. The molecule has 0 aromatic heterocycles. The van der Waals surface area contributed by atoms with Crippen molar-refractivity contribution in [3.05, 3.63) is 46.2 Å². The molecule has 0 bridgehead atoms. The van der Waals surface area contributed by atoms with Crippen LogP contribution in [0.2, 0.25) is 0 Å². The van der Waals surface area contributed by atoms with Crippen molar-refractivity contribution in [2.75, 3.05) is 14.2 Å². The van der Waals surface area contributed by atoms with Gasteiger partial charge in [0.15, 0.2) is 6.10 Å². The van der Waals surface area contributed by atoms with Crippen LogP contribution in [0.25, 0.3) is 10.8 Å². The normalized spacial score (nSPS) is 33.9. The van der Waals surface area contributed by atoms with Crippen molar-refractivity contribution in [2.24, 2.45) is 0 Å². The second-order valence-electron chi connectivity index (χ2n) is 10.6. The number of aliphatic hydroxyl groups excluding tert-OH is 4. The number of esters is 1. The molecule has 15 heteroatoms. The summed E-state index contributed by atoms with van der Waals surface area (Å²) in [6.07, 6.45) is -9.38. The zero-order chi connectivity index (χ0) is 31.9. The number of methoxy groups -OCH3 is 2. The number of phenols is 1. The van der Waals surface area contributed by atoms with Crippen LogP contribution in [0.3, 0.4) is 0 Å². The molecular weight excluding hydrogens is 576 g/mol. The van der Waals surface area contributed by atoms with Gasteiger partial charge in [-0.15, -0.1) is 0 Å². The van der Waals surface area contributed by atoms with Crippen LogP contribution in [0.5, 0.6) is 11.5 Å². The summed E-state index contributed by atoms with van der Waals surface area (Å²) in [6.45, 7) is 2.71. The van der Waals surface area contributed by atoms with Crippen molar-refractivity contribution in [3.8, 4) is 11.5 Å². The van der Waals surface area contributed by atoms with E-state index in [1.54, 1.807) is 0 Å². The molecular formula is C28H28O15. The summed E-state index contributed by atoms with van der Waals surface area (Å²) in [7, 11) is 2.06. The summed E-state index contributed by atoms with van der Waals surface area (Å²) in [5, 5.41) is 75.0. The monoisotopic (exact) mass is 604 g/mol. The fraction of sp³-hybridized carbons (Fsp3) is 0.429. The number of carbonyl (C=O) groups is 4. The maximum absolute atomic E-state index is 13.7. The number of ether oxygens (including phenoxy) is 4. The van der Waals surface area contributed by atoms with E-state index in [4.69, 9.17) is 18.9 Å². The molecule has 0 amide bonds. The first-order valence-corrected chi connectivity index (χ1v) is 12.9. The second kappa shape index (κ2) is 10.1. The van der Waals surface area contributed by atoms with Gasteiger partial charge in [-0.3, -0.25) is 14.4 Å². The molecule has 7 N–H and O–H groups in total. The minimum absolute atomic E-state index is 0.0790. The van der Waals surface area contributed by atoms with Crippen LogP contribution in [-0.4, -0.2) is 121 Å². The number of hydrogen-bond donors (Lipinski definition) is 7. The molecule has 1 aliphatic heterocycles. The van der Waals surface area contributed by atoms with Crippen LogP contribution in [0, 0.1) is 6.92 Å². The molecule has 0 radical (unpaired) electrons. The van der Waals surface area contributed by atoms with E-state index < -0.39 is 94.0 Å². The number of ketones is 3. The van der Waals surface area contributed by atoms with Crippen LogP contribution in [-0.2, 0) is 19.0 Å². The number of rotatable bonds is 4. The van der Waals surface area contributed by atoms with Gasteiger partial charge in [-0.1, -0.05) is 0 Å². The van der Waals surface area contributed by atoms with Gasteiger partial charge in [-0.25, -0.2) is 4.79 Å². The van der Waals surface area contributed by atoms with Crippen molar-refractivity contribution in [1.29, 1.82) is 0 Å². The van der Waals surface area contributed by atoms with E-state index in [0.29, 0.717) is 6.08 Å². The Morgan fingerprint density at radius 1 is 0.977 bits per heavy atom. The number of carbonyl (C=O) groups excluding carboxylic acids is 4. The lowest BCUT2D eigenvalue weighted by Crippen LogP contribution is -2.76. The van der Waals surface area contributed by atoms with Gasteiger partial charge in [-0.05, 0) is 36.9 Å². The number of benzene rings is 2. The average Bonchev–Trinajstić information content (AvgIpc) is 2.97. The highest BCUT2D eigenvalue weighted by Gasteiger charge is 2.73. The van der Waals surface area contributed by atoms with Crippen LogP contribution in [0.1, 0.15) is 43.6 Å². The maximum Gasteiger partial charge on any atom is 0.341 e. The summed E-state index contributed by atoms with van der Waals surface area (Å²) in [5.74, 6) is -7.47. The van der Waals surface area contributed by atoms with Crippen LogP contribution in [0.15, 0.2) is 24.0 Å². The highest BCUT2D eigenvalue weighted by Crippen LogP contribution is 2.49. The number of aromatic hydroxyl groups is 1. The van der Waals surface area contributed by atoms with Crippen molar-refractivity contribution >= 4 is 34.1 Å². The van der Waals surface area contributed by atoms with Crippen molar-refractivity contribution in [2.45, 2.75) is 61.9 Å². The van der Waals surface area contributed by atoms with Crippen molar-refractivity contribution in [3.63, 3.8) is 0 Å². The fourth-order valence-corrected chi connectivity index (χ4v) is 5.85. The molecule has 2 unspecified atom stereocenters. The number of aryl methyl sites for hydroxylation is 1. The Morgan fingerprint density at radius 3 is 2.23 bits per heavy atom. The summed E-state index contributed by atoms with van der Waals surface area (Å²) in [5.41, 5.74) is -8.95. The lowest BCUT2D eigenvalue weighted by atomic mass is 9.60. The molecule has 230 valence electrons. The zero-order valence-electron chi connectivity index (χ0n) is 23.1. The van der Waals surface area contributed by atoms with Gasteiger partial charge in [0.05, 0.1) is 25.9 Å². The molecule has 2 aromatic rings. The number of Topliss-reactive ketones (excluding diaryl/α,β-unsaturated/α-hetero) is 2. The smallest absolute Gasteiger partial charge is 0.341 e. The van der Waals surface area contributed by atoms with Gasteiger partial charge < -0.3 is 54.7 Å². The summed E-state index contributed by atoms with van der Waals surface area (Å²) in [4.78, 5) is 53.2. The van der Waals surface area contributed by atoms with E-state index in [2.05, 4.69) is 0 Å². The Morgan fingerprint density at radius 2 is 1.63 bits per heavy atom. The lowest BCUT2D eigenvalue weighted by Gasteiger charge is -2.47. The first-order valence-electron chi connectivity index (χ1n) is 12.9. The van der Waals surface area contributed by atoms with Crippen LogP contribution >= 0.6 is 0 Å². The SMILES string of the molecule is COC(=O)c1c(O[C@@H]2O[C@@H](C)[C@H](O)[C@@H](O)[C@H]2O)cc2cc3c(c(O)c2c1C)C(=O)C1(O)C(=O)C=C(OC)[C@H](O)C1(O)C3=O. The van der Waals surface area contributed by atoms with E-state index >= 15 is 0 Å².